The predicted molar refractivity (Wildman–Crippen MR) is 110 cm³/mol. The van der Waals surface area contributed by atoms with E-state index in [1.54, 1.807) is 7.11 Å². The van der Waals surface area contributed by atoms with E-state index in [1.165, 1.54) is 0 Å². The van der Waals surface area contributed by atoms with Gasteiger partial charge in [-0.25, -0.2) is 0 Å². The summed E-state index contributed by atoms with van der Waals surface area (Å²) in [5, 5.41) is 3.90. The molecule has 1 aromatic carbocycles. The Bertz CT molecular complexity index is 636. The van der Waals surface area contributed by atoms with Gasteiger partial charge in [-0.2, -0.15) is 0 Å². The minimum atomic E-state index is -0.221. The van der Waals surface area contributed by atoms with Crippen LogP contribution in [0.15, 0.2) is 18.2 Å². The zero-order valence-corrected chi connectivity index (χ0v) is 17.4. The van der Waals surface area contributed by atoms with Gasteiger partial charge in [0.2, 0.25) is 5.91 Å². The summed E-state index contributed by atoms with van der Waals surface area (Å²) in [6, 6.07) is 5.70. The van der Waals surface area contributed by atoms with Gasteiger partial charge in [0.05, 0.1) is 7.11 Å². The van der Waals surface area contributed by atoms with Crippen molar-refractivity contribution in [1.29, 1.82) is 0 Å². The lowest BCUT2D eigenvalue weighted by Gasteiger charge is -2.39. The highest BCUT2D eigenvalue weighted by molar-refractivity contribution is 6.30. The number of hydrogen-bond donors (Lipinski definition) is 2. The van der Waals surface area contributed by atoms with Crippen LogP contribution in [0.2, 0.25) is 5.02 Å². The molecule has 5 nitrogen and oxygen atoms in total. The topological polar surface area (TPSA) is 73.6 Å². The molecule has 0 unspecified atom stereocenters. The van der Waals surface area contributed by atoms with Crippen molar-refractivity contribution in [1.82, 2.24) is 5.32 Å². The lowest BCUT2D eigenvalue weighted by Crippen LogP contribution is -2.47. The number of carbonyl (C=O) groups is 1. The van der Waals surface area contributed by atoms with Crippen molar-refractivity contribution in [2.24, 2.45) is 17.6 Å². The molecule has 1 amide bonds. The molecule has 27 heavy (non-hydrogen) atoms. The zero-order chi connectivity index (χ0) is 18.6. The zero-order valence-electron chi connectivity index (χ0n) is 15.8. The molecule has 1 heterocycles. The average molecular weight is 417 g/mol. The Kier molecular flexibility index (Phi) is 8.22. The molecule has 7 heteroatoms. The van der Waals surface area contributed by atoms with E-state index in [0.717, 1.165) is 43.4 Å². The second-order valence-electron chi connectivity index (χ2n) is 7.49. The third-order valence-corrected chi connectivity index (χ3v) is 6.32. The normalized spacial score (nSPS) is 24.1. The van der Waals surface area contributed by atoms with Gasteiger partial charge in [-0.15, -0.1) is 12.4 Å². The van der Waals surface area contributed by atoms with E-state index in [1.807, 2.05) is 18.2 Å². The van der Waals surface area contributed by atoms with E-state index < -0.39 is 0 Å². The van der Waals surface area contributed by atoms with E-state index in [2.05, 4.69) is 5.32 Å². The number of nitrogens with one attached hydrogen (secondary N) is 1. The second-order valence-corrected chi connectivity index (χ2v) is 7.92. The molecule has 0 aromatic heterocycles. The number of rotatable bonds is 6. The first-order valence-corrected chi connectivity index (χ1v) is 9.87. The molecule has 1 aromatic rings. The summed E-state index contributed by atoms with van der Waals surface area (Å²) >= 11 is 6.27. The number of nitrogens with two attached hydrogens (primary N) is 1. The van der Waals surface area contributed by atoms with Gasteiger partial charge in [0.1, 0.15) is 5.75 Å². The SMILES string of the molecule is COc1ccc(Cl)cc1C1(CNC(=O)[C@@H]2CCC[C@@H]2CN)CCOCC1.Cl. The van der Waals surface area contributed by atoms with Crippen LogP contribution in [0.1, 0.15) is 37.7 Å². The summed E-state index contributed by atoms with van der Waals surface area (Å²) in [5.74, 6) is 1.29. The highest BCUT2D eigenvalue weighted by Gasteiger charge is 2.39. The number of amides is 1. The van der Waals surface area contributed by atoms with Crippen molar-refractivity contribution >= 4 is 29.9 Å². The summed E-state index contributed by atoms with van der Waals surface area (Å²) in [5.41, 5.74) is 6.68. The molecule has 1 saturated carbocycles. The molecule has 1 aliphatic carbocycles. The average Bonchev–Trinajstić information content (AvgIpc) is 3.16. The van der Waals surface area contributed by atoms with Crippen LogP contribution in [-0.4, -0.2) is 39.3 Å². The molecule has 2 fully saturated rings. The van der Waals surface area contributed by atoms with Gasteiger partial charge < -0.3 is 20.5 Å². The third-order valence-electron chi connectivity index (χ3n) is 6.08. The van der Waals surface area contributed by atoms with Gasteiger partial charge in [-0.3, -0.25) is 4.79 Å². The fourth-order valence-corrected chi connectivity index (χ4v) is 4.62. The van der Waals surface area contributed by atoms with Crippen molar-refractivity contribution in [3.63, 3.8) is 0 Å². The third kappa shape index (κ3) is 4.89. The quantitative estimate of drug-likeness (QED) is 0.745. The Morgan fingerprint density at radius 2 is 2.11 bits per heavy atom. The Morgan fingerprint density at radius 1 is 1.37 bits per heavy atom. The minimum Gasteiger partial charge on any atom is -0.496 e. The van der Waals surface area contributed by atoms with Crippen molar-refractivity contribution in [2.45, 2.75) is 37.5 Å². The second kappa shape index (κ2) is 9.97. The van der Waals surface area contributed by atoms with Crippen LogP contribution in [-0.2, 0) is 14.9 Å². The summed E-state index contributed by atoms with van der Waals surface area (Å²) < 4.78 is 11.2. The van der Waals surface area contributed by atoms with Crippen LogP contribution < -0.4 is 15.8 Å². The number of hydrogen-bond acceptors (Lipinski definition) is 4. The Morgan fingerprint density at radius 3 is 2.78 bits per heavy atom. The van der Waals surface area contributed by atoms with Gasteiger partial charge in [-0.05, 0) is 56.3 Å². The maximum Gasteiger partial charge on any atom is 0.223 e. The molecule has 0 radical (unpaired) electrons. The number of benzene rings is 1. The molecular formula is C20H30Cl2N2O3. The largest absolute Gasteiger partial charge is 0.496 e. The summed E-state index contributed by atoms with van der Waals surface area (Å²) in [7, 11) is 1.67. The van der Waals surface area contributed by atoms with Crippen molar-refractivity contribution in [3.05, 3.63) is 28.8 Å². The minimum absolute atomic E-state index is 0. The highest BCUT2D eigenvalue weighted by atomic mass is 35.5. The van der Waals surface area contributed by atoms with Gasteiger partial charge >= 0.3 is 0 Å². The van der Waals surface area contributed by atoms with Crippen molar-refractivity contribution in [3.8, 4) is 5.75 Å². The highest BCUT2D eigenvalue weighted by Crippen LogP contribution is 2.41. The van der Waals surface area contributed by atoms with E-state index >= 15 is 0 Å². The van der Waals surface area contributed by atoms with Crippen LogP contribution >= 0.6 is 24.0 Å². The lowest BCUT2D eigenvalue weighted by atomic mass is 9.73. The maximum absolute atomic E-state index is 12.8. The molecule has 0 bridgehead atoms. The molecule has 3 N–H and O–H groups in total. The van der Waals surface area contributed by atoms with Crippen molar-refractivity contribution in [2.75, 3.05) is 33.4 Å². The number of carbonyl (C=O) groups excluding carboxylic acids is 1. The standard InChI is InChI=1S/C20H29ClN2O3.ClH/c1-25-18-6-5-15(21)11-17(18)20(7-9-26-10-8-20)13-23-19(24)16-4-2-3-14(16)12-22;/h5-6,11,14,16H,2-4,7-10,12-13,22H2,1H3,(H,23,24);1H/t14-,16-;/m1./s1. The van der Waals surface area contributed by atoms with Gasteiger partial charge in [-0.1, -0.05) is 18.0 Å². The van der Waals surface area contributed by atoms with E-state index in [4.69, 9.17) is 26.8 Å². The lowest BCUT2D eigenvalue weighted by molar-refractivity contribution is -0.126. The van der Waals surface area contributed by atoms with Crippen LogP contribution in [0.3, 0.4) is 0 Å². The first kappa shape index (κ1) is 22.3. The number of halogens is 2. The summed E-state index contributed by atoms with van der Waals surface area (Å²) in [4.78, 5) is 12.8. The van der Waals surface area contributed by atoms with Crippen LogP contribution in [0.25, 0.3) is 0 Å². The van der Waals surface area contributed by atoms with Gasteiger partial charge in [0.15, 0.2) is 0 Å². The van der Waals surface area contributed by atoms with Crippen molar-refractivity contribution < 1.29 is 14.3 Å². The predicted octanol–water partition coefficient (Wildman–Crippen LogP) is 3.31. The van der Waals surface area contributed by atoms with Gasteiger partial charge in [0.25, 0.3) is 0 Å². The Labute approximate surface area is 172 Å². The summed E-state index contributed by atoms with van der Waals surface area (Å²) in [6.45, 7) is 2.49. The van der Waals surface area contributed by atoms with Crippen LogP contribution in [0.5, 0.6) is 5.75 Å². The molecule has 0 spiro atoms. The van der Waals surface area contributed by atoms with Gasteiger partial charge in [0, 0.05) is 41.7 Å². The van der Waals surface area contributed by atoms with Crippen LogP contribution in [0, 0.1) is 11.8 Å². The van der Waals surface area contributed by atoms with Crippen LogP contribution in [0.4, 0.5) is 0 Å². The van der Waals surface area contributed by atoms with E-state index in [0.29, 0.717) is 37.2 Å². The molecule has 2 atom stereocenters. The van der Waals surface area contributed by atoms with E-state index in [9.17, 15) is 4.79 Å². The smallest absolute Gasteiger partial charge is 0.223 e. The summed E-state index contributed by atoms with van der Waals surface area (Å²) in [6.07, 6.45) is 4.73. The fraction of sp³-hybridized carbons (Fsp3) is 0.650. The Hall–Kier alpha value is -1.01. The fourth-order valence-electron chi connectivity index (χ4n) is 4.45. The monoisotopic (exact) mass is 416 g/mol. The molecule has 1 aliphatic heterocycles. The molecule has 3 rings (SSSR count). The molecule has 2 aliphatic rings. The van der Waals surface area contributed by atoms with E-state index in [-0.39, 0.29) is 29.6 Å². The number of methoxy groups -OCH3 is 1. The Balaban J connectivity index is 0.00000261. The number of ether oxygens (including phenoxy) is 2. The first-order chi connectivity index (χ1) is 12.6. The maximum atomic E-state index is 12.8. The molecular weight excluding hydrogens is 387 g/mol. The molecule has 1 saturated heterocycles. The first-order valence-electron chi connectivity index (χ1n) is 9.49. The molecule has 152 valence electrons.